The van der Waals surface area contributed by atoms with Crippen LogP contribution in [-0.4, -0.2) is 18.3 Å². The highest BCUT2D eigenvalue weighted by molar-refractivity contribution is 6.62. The van der Waals surface area contributed by atoms with E-state index >= 15 is 0 Å². The van der Waals surface area contributed by atoms with Gasteiger partial charge in [0.05, 0.1) is 22.3 Å². The lowest BCUT2D eigenvalue weighted by Gasteiger charge is -2.32. The van der Waals surface area contributed by atoms with Gasteiger partial charge < -0.3 is 18.6 Å². The van der Waals surface area contributed by atoms with E-state index in [2.05, 4.69) is 130 Å². The highest BCUT2D eigenvalue weighted by Crippen LogP contribution is 2.44. The summed E-state index contributed by atoms with van der Waals surface area (Å²) < 4.78 is 19.5. The van der Waals surface area contributed by atoms with Crippen molar-refractivity contribution >= 4 is 51.6 Å². The molecule has 5 heteroatoms. The van der Waals surface area contributed by atoms with E-state index in [-0.39, 0.29) is 0 Å². The van der Waals surface area contributed by atoms with Gasteiger partial charge in [0.1, 0.15) is 11.2 Å². The summed E-state index contributed by atoms with van der Waals surface area (Å²) in [5.41, 5.74) is 7.15. The van der Waals surface area contributed by atoms with Crippen LogP contribution in [0.2, 0.25) is 0 Å². The van der Waals surface area contributed by atoms with Crippen LogP contribution in [0.4, 0.5) is 17.1 Å². The van der Waals surface area contributed by atoms with Crippen molar-refractivity contribution in [2.45, 2.75) is 38.9 Å². The minimum atomic E-state index is -0.519. The number of fused-ring (bicyclic) bond motifs is 3. The Balaban J connectivity index is 1.45. The number of furan rings is 1. The number of rotatable bonds is 5. The molecule has 5 aromatic carbocycles. The third kappa shape index (κ3) is 4.42. The van der Waals surface area contributed by atoms with Crippen LogP contribution in [0.1, 0.15) is 27.7 Å². The van der Waals surface area contributed by atoms with Crippen LogP contribution in [0.5, 0.6) is 0 Å². The normalized spacial score (nSPS) is 16.0. The Kier molecular flexibility index (Phi) is 6.04. The van der Waals surface area contributed by atoms with Crippen LogP contribution in [-0.2, 0) is 9.31 Å². The van der Waals surface area contributed by atoms with Gasteiger partial charge in [0.2, 0.25) is 0 Å². The van der Waals surface area contributed by atoms with Crippen molar-refractivity contribution in [3.8, 4) is 11.1 Å². The lowest BCUT2D eigenvalue weighted by Crippen LogP contribution is -2.41. The second kappa shape index (κ2) is 9.65. The first-order chi connectivity index (χ1) is 19.8. The van der Waals surface area contributed by atoms with Crippen molar-refractivity contribution in [2.75, 3.05) is 4.90 Å². The van der Waals surface area contributed by atoms with Crippen LogP contribution < -0.4 is 10.4 Å². The summed E-state index contributed by atoms with van der Waals surface area (Å²) in [5, 5.41) is 2.12. The van der Waals surface area contributed by atoms with Gasteiger partial charge in [0.25, 0.3) is 0 Å². The molecular weight excluding hydrogens is 505 g/mol. The van der Waals surface area contributed by atoms with Crippen molar-refractivity contribution in [3.05, 3.63) is 121 Å². The average Bonchev–Trinajstić information content (AvgIpc) is 3.47. The lowest BCUT2D eigenvalue weighted by atomic mass is 9.78. The number of hydrogen-bond donors (Lipinski definition) is 0. The highest BCUT2D eigenvalue weighted by Gasteiger charge is 2.52. The van der Waals surface area contributed by atoms with Gasteiger partial charge >= 0.3 is 7.12 Å². The molecule has 0 atom stereocenters. The summed E-state index contributed by atoms with van der Waals surface area (Å²) in [4.78, 5) is 2.30. The summed E-state index contributed by atoms with van der Waals surface area (Å²) >= 11 is 0. The summed E-state index contributed by atoms with van der Waals surface area (Å²) in [5.74, 6) is 0. The molecule has 1 saturated heterocycles. The molecule has 0 unspecified atom stereocenters. The van der Waals surface area contributed by atoms with Crippen molar-refractivity contribution in [3.63, 3.8) is 0 Å². The summed E-state index contributed by atoms with van der Waals surface area (Å²) in [6, 6.07) is 42.2. The average molecular weight is 537 g/mol. The van der Waals surface area contributed by atoms with Crippen molar-refractivity contribution in [1.29, 1.82) is 0 Å². The molecule has 0 aliphatic carbocycles. The topological polar surface area (TPSA) is 34.8 Å². The van der Waals surface area contributed by atoms with Gasteiger partial charge in [-0.05, 0) is 86.7 Å². The molecule has 41 heavy (non-hydrogen) atoms. The SMILES string of the molecule is CC1(C)OB(c2cc(N(c3ccccc3)c3ccc(-c4ccccc4)cc3)c3c(c2)oc2ccccc23)OC1(C)C. The highest BCUT2D eigenvalue weighted by atomic mass is 16.7. The van der Waals surface area contributed by atoms with Crippen LogP contribution in [0.3, 0.4) is 0 Å². The van der Waals surface area contributed by atoms with E-state index in [1.807, 2.05) is 24.3 Å². The maximum Gasteiger partial charge on any atom is 0.495 e. The van der Waals surface area contributed by atoms with Crippen LogP contribution in [0, 0.1) is 0 Å². The Hall–Kier alpha value is -4.32. The van der Waals surface area contributed by atoms with Gasteiger partial charge in [-0.3, -0.25) is 0 Å². The first-order valence-electron chi connectivity index (χ1n) is 14.1. The van der Waals surface area contributed by atoms with Gasteiger partial charge in [0, 0.05) is 16.8 Å². The zero-order chi connectivity index (χ0) is 28.2. The van der Waals surface area contributed by atoms with E-state index in [9.17, 15) is 0 Å². The molecule has 6 aromatic rings. The van der Waals surface area contributed by atoms with E-state index in [0.29, 0.717) is 0 Å². The molecule has 4 nitrogen and oxygen atoms in total. The predicted molar refractivity (Wildman–Crippen MR) is 170 cm³/mol. The minimum Gasteiger partial charge on any atom is -0.456 e. The van der Waals surface area contributed by atoms with Crippen LogP contribution >= 0.6 is 0 Å². The zero-order valence-corrected chi connectivity index (χ0v) is 23.8. The first kappa shape index (κ1) is 25.6. The van der Waals surface area contributed by atoms with E-state index < -0.39 is 18.3 Å². The number of benzene rings is 5. The number of nitrogens with zero attached hydrogens (tertiary/aromatic N) is 1. The molecule has 0 radical (unpaired) electrons. The fourth-order valence-electron chi connectivity index (χ4n) is 5.58. The van der Waals surface area contributed by atoms with Gasteiger partial charge in [0.15, 0.2) is 0 Å². The molecule has 202 valence electrons. The number of anilines is 3. The van der Waals surface area contributed by atoms with E-state index in [0.717, 1.165) is 44.5 Å². The minimum absolute atomic E-state index is 0.451. The molecule has 1 aromatic heterocycles. The lowest BCUT2D eigenvalue weighted by molar-refractivity contribution is 0.00578. The summed E-state index contributed by atoms with van der Waals surface area (Å²) in [6.45, 7) is 8.33. The maximum atomic E-state index is 6.50. The summed E-state index contributed by atoms with van der Waals surface area (Å²) in [7, 11) is -0.519. The Morgan fingerprint density at radius 1 is 0.561 bits per heavy atom. The quantitative estimate of drug-likeness (QED) is 0.206. The van der Waals surface area contributed by atoms with E-state index in [1.165, 1.54) is 11.1 Å². The maximum absolute atomic E-state index is 6.50. The van der Waals surface area contributed by atoms with Gasteiger partial charge in [-0.2, -0.15) is 0 Å². The predicted octanol–water partition coefficient (Wildman–Crippen LogP) is 9.02. The molecular formula is C36H32BNO3. The molecule has 1 fully saturated rings. The van der Waals surface area contributed by atoms with Crippen molar-refractivity contribution in [2.24, 2.45) is 0 Å². The fourth-order valence-corrected chi connectivity index (χ4v) is 5.58. The Morgan fingerprint density at radius 3 is 1.80 bits per heavy atom. The Labute approximate surface area is 241 Å². The second-order valence-corrected chi connectivity index (χ2v) is 11.7. The molecule has 0 spiro atoms. The van der Waals surface area contributed by atoms with Crippen molar-refractivity contribution < 1.29 is 13.7 Å². The third-order valence-electron chi connectivity index (χ3n) is 8.49. The van der Waals surface area contributed by atoms with Gasteiger partial charge in [-0.1, -0.05) is 78.9 Å². The second-order valence-electron chi connectivity index (χ2n) is 11.7. The molecule has 7 rings (SSSR count). The molecule has 0 saturated carbocycles. The smallest absolute Gasteiger partial charge is 0.456 e. The van der Waals surface area contributed by atoms with E-state index in [4.69, 9.17) is 13.7 Å². The monoisotopic (exact) mass is 537 g/mol. The third-order valence-corrected chi connectivity index (χ3v) is 8.49. The van der Waals surface area contributed by atoms with Crippen LogP contribution in [0.15, 0.2) is 126 Å². The number of para-hydroxylation sites is 2. The fraction of sp³-hybridized carbons (Fsp3) is 0.167. The molecule has 2 heterocycles. The zero-order valence-electron chi connectivity index (χ0n) is 23.8. The largest absolute Gasteiger partial charge is 0.495 e. The molecule has 0 bridgehead atoms. The van der Waals surface area contributed by atoms with E-state index in [1.54, 1.807) is 0 Å². The molecule has 0 N–H and O–H groups in total. The first-order valence-corrected chi connectivity index (χ1v) is 14.1. The Morgan fingerprint density at radius 2 is 1.12 bits per heavy atom. The summed E-state index contributed by atoms with van der Waals surface area (Å²) in [6.07, 6.45) is 0. The molecule has 1 aliphatic heterocycles. The van der Waals surface area contributed by atoms with Gasteiger partial charge in [-0.15, -0.1) is 0 Å². The standard InChI is InChI=1S/C36H32BNO3/c1-35(2)36(3,4)41-37(40-35)27-23-31(34-30-17-11-12-18-32(30)39-33(34)24-27)38(28-15-9-6-10-16-28)29-21-19-26(20-22-29)25-13-7-5-8-14-25/h5-24H,1-4H3. The van der Waals surface area contributed by atoms with Gasteiger partial charge in [-0.25, -0.2) is 0 Å². The number of hydrogen-bond acceptors (Lipinski definition) is 4. The molecule has 1 aliphatic rings. The van der Waals surface area contributed by atoms with Crippen molar-refractivity contribution in [1.82, 2.24) is 0 Å². The van der Waals surface area contributed by atoms with Crippen LogP contribution in [0.25, 0.3) is 33.1 Å². The molecule has 0 amide bonds. The Bertz CT molecular complexity index is 1830.